The second-order valence-corrected chi connectivity index (χ2v) is 6.88. The number of anilines is 1. The Morgan fingerprint density at radius 3 is 2.46 bits per heavy atom. The number of ether oxygens (including phenoxy) is 2. The highest BCUT2D eigenvalue weighted by Crippen LogP contribution is 2.33. The average Bonchev–Trinajstić information content (AvgIpc) is 2.92. The molecule has 142 valence electrons. The Bertz CT molecular complexity index is 629. The summed E-state index contributed by atoms with van der Waals surface area (Å²) in [7, 11) is 0. The predicted molar refractivity (Wildman–Crippen MR) is 102 cm³/mol. The first-order valence-corrected chi connectivity index (χ1v) is 9.77. The zero-order valence-corrected chi connectivity index (χ0v) is 16.0. The van der Waals surface area contributed by atoms with Crippen molar-refractivity contribution in [1.29, 1.82) is 5.26 Å². The molecule has 0 aromatic heterocycles. The number of carbonyl (C=O) groups is 1. The minimum absolute atomic E-state index is 0.133. The van der Waals surface area contributed by atoms with E-state index in [1.54, 1.807) is 18.2 Å². The van der Waals surface area contributed by atoms with Crippen molar-refractivity contribution in [3.8, 4) is 11.8 Å². The van der Waals surface area contributed by atoms with Crippen LogP contribution >= 0.6 is 0 Å². The summed E-state index contributed by atoms with van der Waals surface area (Å²) < 4.78 is 11.6. The topological polar surface area (TPSA) is 71.3 Å². The molecule has 0 spiro atoms. The summed E-state index contributed by atoms with van der Waals surface area (Å²) in [6.45, 7) is 5.25. The molecule has 2 rings (SSSR count). The van der Waals surface area contributed by atoms with Crippen molar-refractivity contribution in [3.05, 3.63) is 23.8 Å². The second kappa shape index (κ2) is 10.2. The first-order valence-electron chi connectivity index (χ1n) is 9.77. The number of hydrogen-bond acceptors (Lipinski definition) is 4. The standard InChI is InChI=1S/C21H30N2O3/c1-3-13-25-18-9-10-19(17(15-18)16-22)23-20(24)21(26-14-4-2)11-7-5-6-8-12-21/h9-10,15H,3-8,11-14H2,1-2H3,(H,23,24). The highest BCUT2D eigenvalue weighted by Gasteiger charge is 2.39. The maximum atomic E-state index is 13.1. The van der Waals surface area contributed by atoms with Crippen LogP contribution in [0, 0.1) is 11.3 Å². The zero-order chi connectivity index (χ0) is 18.8. The van der Waals surface area contributed by atoms with Gasteiger partial charge in [0, 0.05) is 6.61 Å². The van der Waals surface area contributed by atoms with Gasteiger partial charge >= 0.3 is 0 Å². The number of rotatable bonds is 8. The van der Waals surface area contributed by atoms with Crippen LogP contribution < -0.4 is 10.1 Å². The van der Waals surface area contributed by atoms with Gasteiger partial charge in [-0.25, -0.2) is 0 Å². The Hall–Kier alpha value is -2.06. The van der Waals surface area contributed by atoms with E-state index in [0.29, 0.717) is 30.2 Å². The van der Waals surface area contributed by atoms with Crippen molar-refractivity contribution in [2.45, 2.75) is 70.8 Å². The SMILES string of the molecule is CCCOc1ccc(NC(=O)C2(OCCC)CCCCCC2)c(C#N)c1. The molecule has 0 heterocycles. The van der Waals surface area contributed by atoms with Gasteiger partial charge in [-0.3, -0.25) is 4.79 Å². The van der Waals surface area contributed by atoms with Gasteiger partial charge in [-0.1, -0.05) is 39.5 Å². The molecular weight excluding hydrogens is 328 g/mol. The summed E-state index contributed by atoms with van der Waals surface area (Å²) in [6, 6.07) is 7.36. The molecule has 5 nitrogen and oxygen atoms in total. The third-order valence-corrected chi connectivity index (χ3v) is 4.74. The van der Waals surface area contributed by atoms with Gasteiger partial charge in [0.1, 0.15) is 17.4 Å². The molecule has 1 amide bonds. The lowest BCUT2D eigenvalue weighted by atomic mass is 9.92. The molecule has 5 heteroatoms. The summed E-state index contributed by atoms with van der Waals surface area (Å²) in [5, 5.41) is 12.4. The van der Waals surface area contributed by atoms with Crippen LogP contribution in [0.1, 0.15) is 70.8 Å². The molecule has 1 aliphatic rings. The maximum absolute atomic E-state index is 13.1. The minimum Gasteiger partial charge on any atom is -0.494 e. The minimum atomic E-state index is -0.781. The van der Waals surface area contributed by atoms with E-state index in [1.807, 2.05) is 13.8 Å². The van der Waals surface area contributed by atoms with Gasteiger partial charge in [0.2, 0.25) is 0 Å². The van der Waals surface area contributed by atoms with Crippen LogP contribution in [0.4, 0.5) is 5.69 Å². The van der Waals surface area contributed by atoms with E-state index < -0.39 is 5.60 Å². The van der Waals surface area contributed by atoms with Gasteiger partial charge in [0.25, 0.3) is 5.91 Å². The number of nitrogens with one attached hydrogen (secondary N) is 1. The molecule has 0 atom stereocenters. The first-order chi connectivity index (χ1) is 12.6. The van der Waals surface area contributed by atoms with Crippen molar-refractivity contribution in [1.82, 2.24) is 0 Å². The third-order valence-electron chi connectivity index (χ3n) is 4.74. The second-order valence-electron chi connectivity index (χ2n) is 6.88. The van der Waals surface area contributed by atoms with E-state index >= 15 is 0 Å². The van der Waals surface area contributed by atoms with Crippen LogP contribution in [0.25, 0.3) is 0 Å². The number of benzene rings is 1. The Morgan fingerprint density at radius 2 is 1.85 bits per heavy atom. The molecule has 1 fully saturated rings. The summed E-state index contributed by atoms with van der Waals surface area (Å²) in [6.07, 6.45) is 7.50. The van der Waals surface area contributed by atoms with Crippen molar-refractivity contribution in [2.75, 3.05) is 18.5 Å². The van der Waals surface area contributed by atoms with Crippen molar-refractivity contribution >= 4 is 11.6 Å². The van der Waals surface area contributed by atoms with E-state index in [1.165, 1.54) is 0 Å². The molecule has 26 heavy (non-hydrogen) atoms. The van der Waals surface area contributed by atoms with Crippen LogP contribution in [-0.4, -0.2) is 24.7 Å². The Labute approximate surface area is 156 Å². The van der Waals surface area contributed by atoms with Crippen LogP contribution in [-0.2, 0) is 9.53 Å². The molecule has 0 aliphatic heterocycles. The smallest absolute Gasteiger partial charge is 0.256 e. The molecule has 0 radical (unpaired) electrons. The fraction of sp³-hybridized carbons (Fsp3) is 0.619. The van der Waals surface area contributed by atoms with Gasteiger partial charge in [-0.2, -0.15) is 5.26 Å². The fourth-order valence-corrected chi connectivity index (χ4v) is 3.30. The molecule has 0 saturated heterocycles. The number of amides is 1. The Morgan fingerprint density at radius 1 is 1.15 bits per heavy atom. The molecule has 0 unspecified atom stereocenters. The lowest BCUT2D eigenvalue weighted by Gasteiger charge is -2.31. The Balaban J connectivity index is 2.18. The van der Waals surface area contributed by atoms with Crippen LogP contribution in [0.3, 0.4) is 0 Å². The maximum Gasteiger partial charge on any atom is 0.256 e. The molecule has 1 aromatic rings. The highest BCUT2D eigenvalue weighted by atomic mass is 16.5. The molecule has 1 N–H and O–H groups in total. The summed E-state index contributed by atoms with van der Waals surface area (Å²) in [5.74, 6) is 0.513. The van der Waals surface area contributed by atoms with Crippen molar-refractivity contribution in [3.63, 3.8) is 0 Å². The number of carbonyl (C=O) groups excluding carboxylic acids is 1. The molecule has 1 aromatic carbocycles. The fourth-order valence-electron chi connectivity index (χ4n) is 3.30. The quantitative estimate of drug-likeness (QED) is 0.677. The van der Waals surface area contributed by atoms with E-state index in [0.717, 1.165) is 51.4 Å². The summed E-state index contributed by atoms with van der Waals surface area (Å²) in [4.78, 5) is 13.1. The normalized spacial score (nSPS) is 16.3. The van der Waals surface area contributed by atoms with Crippen molar-refractivity contribution in [2.24, 2.45) is 0 Å². The molecule has 0 bridgehead atoms. The number of hydrogen-bond donors (Lipinski definition) is 1. The molecule has 1 saturated carbocycles. The zero-order valence-electron chi connectivity index (χ0n) is 16.0. The highest BCUT2D eigenvalue weighted by molar-refractivity contribution is 5.98. The molecule has 1 aliphatic carbocycles. The first kappa shape index (κ1) is 20.3. The van der Waals surface area contributed by atoms with E-state index in [4.69, 9.17) is 9.47 Å². The largest absolute Gasteiger partial charge is 0.494 e. The van der Waals surface area contributed by atoms with E-state index in [-0.39, 0.29) is 5.91 Å². The number of nitrogens with zero attached hydrogens (tertiary/aromatic N) is 1. The molecular formula is C21H30N2O3. The monoisotopic (exact) mass is 358 g/mol. The lowest BCUT2D eigenvalue weighted by molar-refractivity contribution is -0.143. The van der Waals surface area contributed by atoms with Crippen LogP contribution in [0.15, 0.2) is 18.2 Å². The van der Waals surface area contributed by atoms with Crippen molar-refractivity contribution < 1.29 is 14.3 Å². The van der Waals surface area contributed by atoms with Gasteiger partial charge in [-0.15, -0.1) is 0 Å². The van der Waals surface area contributed by atoms with Gasteiger partial charge < -0.3 is 14.8 Å². The van der Waals surface area contributed by atoms with Gasteiger partial charge in [0.05, 0.1) is 17.9 Å². The van der Waals surface area contributed by atoms with Gasteiger partial charge in [-0.05, 0) is 43.9 Å². The number of nitriles is 1. The van der Waals surface area contributed by atoms with E-state index in [2.05, 4.69) is 11.4 Å². The Kier molecular flexibility index (Phi) is 7.93. The predicted octanol–water partition coefficient (Wildman–Crippen LogP) is 4.81. The van der Waals surface area contributed by atoms with E-state index in [9.17, 15) is 10.1 Å². The van der Waals surface area contributed by atoms with Crippen LogP contribution in [0.5, 0.6) is 5.75 Å². The summed E-state index contributed by atoms with van der Waals surface area (Å²) >= 11 is 0. The van der Waals surface area contributed by atoms with Crippen LogP contribution in [0.2, 0.25) is 0 Å². The third kappa shape index (κ3) is 5.22. The van der Waals surface area contributed by atoms with Gasteiger partial charge in [0.15, 0.2) is 0 Å². The lowest BCUT2D eigenvalue weighted by Crippen LogP contribution is -2.45. The summed E-state index contributed by atoms with van der Waals surface area (Å²) in [5.41, 5.74) is 0.146. The average molecular weight is 358 g/mol.